The third-order valence-electron chi connectivity index (χ3n) is 3.23. The number of rotatable bonds is 8. The molecule has 0 atom stereocenters. The van der Waals surface area contributed by atoms with E-state index in [4.69, 9.17) is 0 Å². The number of hydrogen-bond donors (Lipinski definition) is 1. The van der Waals surface area contributed by atoms with E-state index in [2.05, 4.69) is 49.4 Å². The number of nitrogens with one attached hydrogen (secondary N) is 1. The van der Waals surface area contributed by atoms with Gasteiger partial charge in [-0.25, -0.2) is 0 Å². The topological polar surface area (TPSA) is 15.3 Å². The van der Waals surface area contributed by atoms with Crippen molar-refractivity contribution < 1.29 is 0 Å². The van der Waals surface area contributed by atoms with Crippen LogP contribution in [0.15, 0.2) is 84.4 Å². The van der Waals surface area contributed by atoms with E-state index in [1.165, 1.54) is 0 Å². The van der Waals surface area contributed by atoms with Gasteiger partial charge in [-0.3, -0.25) is 0 Å². The highest BCUT2D eigenvalue weighted by Crippen LogP contribution is 2.21. The van der Waals surface area contributed by atoms with Crippen molar-refractivity contribution in [3.05, 3.63) is 84.4 Å². The van der Waals surface area contributed by atoms with Crippen molar-refractivity contribution in [3.8, 4) is 0 Å². The Morgan fingerprint density at radius 1 is 1.05 bits per heavy atom. The van der Waals surface area contributed by atoms with E-state index in [9.17, 15) is 0 Å². The van der Waals surface area contributed by atoms with Crippen molar-refractivity contribution in [2.75, 3.05) is 14.1 Å². The van der Waals surface area contributed by atoms with E-state index < -0.39 is 0 Å². The molecule has 2 nitrogen and oxygen atoms in total. The number of likely N-dealkylation sites (N-methyl/N-ethyl adjacent to an activating group) is 1. The Morgan fingerprint density at radius 2 is 1.67 bits per heavy atom. The van der Waals surface area contributed by atoms with Crippen molar-refractivity contribution in [3.63, 3.8) is 0 Å². The van der Waals surface area contributed by atoms with Crippen molar-refractivity contribution in [1.82, 2.24) is 10.2 Å². The summed E-state index contributed by atoms with van der Waals surface area (Å²) in [6.45, 7) is 17.8. The van der Waals surface area contributed by atoms with Crippen LogP contribution in [0.4, 0.5) is 0 Å². The summed E-state index contributed by atoms with van der Waals surface area (Å²) in [4.78, 5) is 1.99. The minimum Gasteiger partial charge on any atom is -0.392 e. The quantitative estimate of drug-likeness (QED) is 0.650. The van der Waals surface area contributed by atoms with Gasteiger partial charge in [-0.2, -0.15) is 0 Å². The molecule has 0 saturated carbocycles. The van der Waals surface area contributed by atoms with Crippen LogP contribution in [0.3, 0.4) is 0 Å². The van der Waals surface area contributed by atoms with Crippen molar-refractivity contribution in [2.24, 2.45) is 0 Å². The summed E-state index contributed by atoms with van der Waals surface area (Å²) in [5.74, 6) is 0. The summed E-state index contributed by atoms with van der Waals surface area (Å²) >= 11 is 0. The molecule has 0 amide bonds. The van der Waals surface area contributed by atoms with E-state index in [0.717, 1.165) is 28.1 Å². The van der Waals surface area contributed by atoms with E-state index in [1.807, 2.05) is 39.8 Å². The second-order valence-electron chi connectivity index (χ2n) is 4.62. The van der Waals surface area contributed by atoms with Crippen LogP contribution in [0, 0.1) is 0 Å². The van der Waals surface area contributed by atoms with Gasteiger partial charge in [-0.05, 0) is 55.8 Å². The standard InChI is InChI=1S/C19H28N2/c1-9-15(5)18(13-16(6)20-7)14-17(10-2)19(11-3)21(8)12-4/h9-14,20H,1,4-5H2,2-3,6-8H3/b16-13+,17-10+,18-14-,19-11-. The highest BCUT2D eigenvalue weighted by Gasteiger charge is 2.06. The van der Waals surface area contributed by atoms with Crippen molar-refractivity contribution in [2.45, 2.75) is 20.8 Å². The van der Waals surface area contributed by atoms with Gasteiger partial charge in [0.05, 0.1) is 0 Å². The van der Waals surface area contributed by atoms with Crippen LogP contribution >= 0.6 is 0 Å². The first kappa shape index (κ1) is 18.8. The third kappa shape index (κ3) is 5.74. The lowest BCUT2D eigenvalue weighted by atomic mass is 10.0. The van der Waals surface area contributed by atoms with Crippen LogP contribution in [0.2, 0.25) is 0 Å². The Labute approximate surface area is 130 Å². The molecule has 0 aromatic carbocycles. The first-order valence-electron chi connectivity index (χ1n) is 7.02. The van der Waals surface area contributed by atoms with Gasteiger partial charge in [0.15, 0.2) is 0 Å². The van der Waals surface area contributed by atoms with Gasteiger partial charge in [0.1, 0.15) is 0 Å². The predicted molar refractivity (Wildman–Crippen MR) is 95.7 cm³/mol. The molecule has 0 unspecified atom stereocenters. The molecule has 0 bridgehead atoms. The van der Waals surface area contributed by atoms with Crippen LogP contribution < -0.4 is 5.32 Å². The molecule has 0 fully saturated rings. The molecule has 0 aromatic rings. The highest BCUT2D eigenvalue weighted by atomic mass is 15.1. The Kier molecular flexibility index (Phi) is 8.63. The second kappa shape index (κ2) is 9.65. The molecule has 0 spiro atoms. The van der Waals surface area contributed by atoms with Crippen molar-refractivity contribution in [1.29, 1.82) is 0 Å². The number of hydrogen-bond acceptors (Lipinski definition) is 2. The molecular weight excluding hydrogens is 256 g/mol. The monoisotopic (exact) mass is 284 g/mol. The maximum absolute atomic E-state index is 4.06. The Hall–Kier alpha value is -2.22. The van der Waals surface area contributed by atoms with Gasteiger partial charge in [-0.1, -0.05) is 38.0 Å². The maximum atomic E-state index is 4.06. The molecule has 1 N–H and O–H groups in total. The first-order chi connectivity index (χ1) is 9.94. The lowest BCUT2D eigenvalue weighted by Crippen LogP contribution is -2.11. The first-order valence-corrected chi connectivity index (χ1v) is 7.02. The molecule has 0 saturated heterocycles. The molecule has 21 heavy (non-hydrogen) atoms. The second-order valence-corrected chi connectivity index (χ2v) is 4.62. The SMILES string of the molecule is C=CC(=C)C(=C\C(=C/C)C(=C\C)\N(C)C=C)/C=C(\C)NC. The summed E-state index contributed by atoms with van der Waals surface area (Å²) in [5, 5.41) is 3.13. The molecule has 0 aromatic heterocycles. The van der Waals surface area contributed by atoms with Gasteiger partial charge in [-0.15, -0.1) is 0 Å². The van der Waals surface area contributed by atoms with Gasteiger partial charge in [0, 0.05) is 25.5 Å². The normalized spacial score (nSPS) is 13.8. The van der Waals surface area contributed by atoms with E-state index >= 15 is 0 Å². The van der Waals surface area contributed by atoms with Crippen LogP contribution in [-0.2, 0) is 0 Å². The van der Waals surface area contributed by atoms with Crippen LogP contribution in [-0.4, -0.2) is 19.0 Å². The van der Waals surface area contributed by atoms with Gasteiger partial charge >= 0.3 is 0 Å². The van der Waals surface area contributed by atoms with Gasteiger partial charge in [0.25, 0.3) is 0 Å². The van der Waals surface area contributed by atoms with Gasteiger partial charge < -0.3 is 10.2 Å². The number of nitrogens with zero attached hydrogens (tertiary/aromatic N) is 1. The van der Waals surface area contributed by atoms with Crippen molar-refractivity contribution >= 4 is 0 Å². The summed E-state index contributed by atoms with van der Waals surface area (Å²) in [5.41, 5.74) is 5.19. The molecule has 0 radical (unpaired) electrons. The van der Waals surface area contributed by atoms with Crippen LogP contribution in [0.1, 0.15) is 20.8 Å². The summed E-state index contributed by atoms with van der Waals surface area (Å²) < 4.78 is 0. The summed E-state index contributed by atoms with van der Waals surface area (Å²) in [6, 6.07) is 0. The van der Waals surface area contributed by atoms with Crippen LogP contribution in [0.25, 0.3) is 0 Å². The molecule has 2 heteroatoms. The molecule has 0 heterocycles. The minimum absolute atomic E-state index is 0.889. The fourth-order valence-corrected chi connectivity index (χ4v) is 1.80. The van der Waals surface area contributed by atoms with Gasteiger partial charge in [0.2, 0.25) is 0 Å². The summed E-state index contributed by atoms with van der Waals surface area (Å²) in [7, 11) is 3.88. The largest absolute Gasteiger partial charge is 0.392 e. The smallest absolute Gasteiger partial charge is 0.0430 e. The Bertz CT molecular complexity index is 514. The van der Waals surface area contributed by atoms with E-state index in [-0.39, 0.29) is 0 Å². The Balaban J connectivity index is 5.86. The number of allylic oxidation sites excluding steroid dienone is 8. The Morgan fingerprint density at radius 3 is 2.05 bits per heavy atom. The lowest BCUT2D eigenvalue weighted by Gasteiger charge is -2.19. The minimum atomic E-state index is 0.889. The van der Waals surface area contributed by atoms with E-state index in [0.29, 0.717) is 0 Å². The van der Waals surface area contributed by atoms with Crippen LogP contribution in [0.5, 0.6) is 0 Å². The fraction of sp³-hybridized carbons (Fsp3) is 0.263. The zero-order chi connectivity index (χ0) is 16.4. The predicted octanol–water partition coefficient (Wildman–Crippen LogP) is 4.70. The molecular formula is C19H28N2. The zero-order valence-corrected chi connectivity index (χ0v) is 14.0. The molecule has 0 aliphatic carbocycles. The maximum Gasteiger partial charge on any atom is 0.0430 e. The highest BCUT2D eigenvalue weighted by molar-refractivity contribution is 5.52. The average Bonchev–Trinajstić information content (AvgIpc) is 2.51. The summed E-state index contributed by atoms with van der Waals surface area (Å²) in [6.07, 6.45) is 11.9. The molecule has 0 aliphatic heterocycles. The molecule has 0 rings (SSSR count). The lowest BCUT2D eigenvalue weighted by molar-refractivity contribution is 0.582. The zero-order valence-electron chi connectivity index (χ0n) is 14.0. The molecule has 114 valence electrons. The average molecular weight is 284 g/mol. The fourth-order valence-electron chi connectivity index (χ4n) is 1.80. The van der Waals surface area contributed by atoms with E-state index in [1.54, 1.807) is 12.3 Å². The molecule has 0 aliphatic rings. The third-order valence-corrected chi connectivity index (χ3v) is 3.23.